The molecule has 3 heterocycles. The summed E-state index contributed by atoms with van der Waals surface area (Å²) < 4.78 is 1.74. The molecule has 0 bridgehead atoms. The molecular formula is C21H25N7O. The highest BCUT2D eigenvalue weighted by molar-refractivity contribution is 5.99. The van der Waals surface area contributed by atoms with Crippen molar-refractivity contribution in [3.05, 3.63) is 48.7 Å². The van der Waals surface area contributed by atoms with Gasteiger partial charge in [0.15, 0.2) is 5.65 Å². The molecule has 0 radical (unpaired) electrons. The zero-order valence-corrected chi connectivity index (χ0v) is 16.6. The number of amides is 1. The predicted molar refractivity (Wildman–Crippen MR) is 115 cm³/mol. The average molecular weight is 391 g/mol. The molecule has 1 saturated heterocycles. The fraction of sp³-hybridized carbons (Fsp3) is 0.333. The van der Waals surface area contributed by atoms with Gasteiger partial charge >= 0.3 is 0 Å². The van der Waals surface area contributed by atoms with Crippen LogP contribution in [0.2, 0.25) is 0 Å². The number of piperidine rings is 1. The van der Waals surface area contributed by atoms with E-state index in [1.807, 2.05) is 30.5 Å². The van der Waals surface area contributed by atoms with Crippen LogP contribution in [0.3, 0.4) is 0 Å². The predicted octanol–water partition coefficient (Wildman–Crippen LogP) is 3.55. The molecule has 0 aliphatic carbocycles. The van der Waals surface area contributed by atoms with Crippen LogP contribution in [0.1, 0.15) is 31.7 Å². The first-order chi connectivity index (χ1) is 14.2. The van der Waals surface area contributed by atoms with E-state index >= 15 is 0 Å². The Bertz CT molecular complexity index is 1040. The van der Waals surface area contributed by atoms with E-state index in [2.05, 4.69) is 34.1 Å². The number of aromatic nitrogens is 4. The molecule has 1 amide bonds. The van der Waals surface area contributed by atoms with Gasteiger partial charge in [-0.2, -0.15) is 19.6 Å². The summed E-state index contributed by atoms with van der Waals surface area (Å²) in [6.07, 6.45) is 7.50. The summed E-state index contributed by atoms with van der Waals surface area (Å²) in [7, 11) is 0. The molecule has 1 aliphatic heterocycles. The van der Waals surface area contributed by atoms with Gasteiger partial charge in [0.1, 0.15) is 0 Å². The molecule has 150 valence electrons. The Morgan fingerprint density at radius 3 is 2.76 bits per heavy atom. The van der Waals surface area contributed by atoms with Gasteiger partial charge in [-0.3, -0.25) is 4.79 Å². The first-order valence-electron chi connectivity index (χ1n) is 9.98. The van der Waals surface area contributed by atoms with Crippen LogP contribution in [-0.4, -0.2) is 38.6 Å². The van der Waals surface area contributed by atoms with Crippen LogP contribution >= 0.6 is 0 Å². The van der Waals surface area contributed by atoms with Crippen LogP contribution in [-0.2, 0) is 11.2 Å². The Morgan fingerprint density at radius 1 is 1.21 bits per heavy atom. The van der Waals surface area contributed by atoms with Crippen molar-refractivity contribution in [2.24, 2.45) is 0 Å². The fourth-order valence-electron chi connectivity index (χ4n) is 3.47. The summed E-state index contributed by atoms with van der Waals surface area (Å²) in [6.45, 7) is 7.51. The third kappa shape index (κ3) is 4.06. The molecule has 2 N–H and O–H groups in total. The molecule has 8 nitrogen and oxygen atoms in total. The Morgan fingerprint density at radius 2 is 2.00 bits per heavy atom. The Kier molecular flexibility index (Phi) is 5.41. The molecule has 1 aromatic carbocycles. The summed E-state index contributed by atoms with van der Waals surface area (Å²) in [6, 6.07) is 7.46. The number of fused-ring (bicyclic) bond motifs is 1. The first kappa shape index (κ1) is 18.9. The Labute approximate surface area is 169 Å². The fourth-order valence-corrected chi connectivity index (χ4v) is 3.47. The molecule has 8 heteroatoms. The van der Waals surface area contributed by atoms with Gasteiger partial charge in [0.2, 0.25) is 17.8 Å². The zero-order chi connectivity index (χ0) is 20.2. The molecule has 2 aromatic heterocycles. The summed E-state index contributed by atoms with van der Waals surface area (Å²) in [5.74, 6) is 1.08. The number of carbonyl (C=O) groups excluding carboxylic acids is 1. The average Bonchev–Trinajstić information content (AvgIpc) is 3.18. The number of hydrogen-bond donors (Lipinski definition) is 2. The molecule has 0 unspecified atom stereocenters. The highest BCUT2D eigenvalue weighted by Crippen LogP contribution is 2.24. The van der Waals surface area contributed by atoms with Crippen LogP contribution in [0.25, 0.3) is 5.65 Å². The van der Waals surface area contributed by atoms with Crippen LogP contribution in [0.4, 0.5) is 23.3 Å². The van der Waals surface area contributed by atoms with Gasteiger partial charge in [0, 0.05) is 30.0 Å². The molecule has 29 heavy (non-hydrogen) atoms. The number of anilines is 4. The molecule has 0 saturated carbocycles. The second kappa shape index (κ2) is 8.30. The van der Waals surface area contributed by atoms with Gasteiger partial charge < -0.3 is 15.5 Å². The lowest BCUT2D eigenvalue weighted by Crippen LogP contribution is -2.31. The summed E-state index contributed by atoms with van der Waals surface area (Å²) in [5.41, 5.74) is 3.38. The van der Waals surface area contributed by atoms with Crippen molar-refractivity contribution in [1.82, 2.24) is 19.6 Å². The molecule has 0 spiro atoms. The van der Waals surface area contributed by atoms with Crippen molar-refractivity contribution < 1.29 is 4.79 Å². The van der Waals surface area contributed by atoms with Crippen molar-refractivity contribution >= 4 is 34.8 Å². The number of nitrogens with one attached hydrogen (secondary N) is 2. The lowest BCUT2D eigenvalue weighted by molar-refractivity contribution is -0.111. The summed E-state index contributed by atoms with van der Waals surface area (Å²) >= 11 is 0. The maximum Gasteiger partial charge on any atom is 0.247 e. The van der Waals surface area contributed by atoms with E-state index in [9.17, 15) is 4.79 Å². The third-order valence-corrected chi connectivity index (χ3v) is 5.02. The van der Waals surface area contributed by atoms with Crippen LogP contribution in [0.5, 0.6) is 0 Å². The van der Waals surface area contributed by atoms with Gasteiger partial charge in [-0.1, -0.05) is 19.6 Å². The molecule has 3 aromatic rings. The monoisotopic (exact) mass is 391 g/mol. The Balaban J connectivity index is 1.70. The van der Waals surface area contributed by atoms with Crippen molar-refractivity contribution in [3.63, 3.8) is 0 Å². The number of carbonyl (C=O) groups is 1. The highest BCUT2D eigenvalue weighted by Gasteiger charge is 2.18. The highest BCUT2D eigenvalue weighted by atomic mass is 16.1. The van der Waals surface area contributed by atoms with Crippen molar-refractivity contribution in [2.75, 3.05) is 28.6 Å². The van der Waals surface area contributed by atoms with E-state index in [1.165, 1.54) is 12.5 Å². The SMILES string of the molecule is C=CC(=O)Nc1cccc(Nc2nc(N3CCCCC3)nc3c(CC)cnn23)c1. The lowest BCUT2D eigenvalue weighted by Gasteiger charge is -2.27. The second-order valence-corrected chi connectivity index (χ2v) is 7.05. The Hall–Kier alpha value is -3.42. The van der Waals surface area contributed by atoms with E-state index < -0.39 is 0 Å². The van der Waals surface area contributed by atoms with Crippen LogP contribution < -0.4 is 15.5 Å². The molecule has 0 atom stereocenters. The van der Waals surface area contributed by atoms with Crippen LogP contribution in [0, 0.1) is 0 Å². The van der Waals surface area contributed by atoms with Crippen molar-refractivity contribution in [2.45, 2.75) is 32.6 Å². The maximum absolute atomic E-state index is 11.6. The van der Waals surface area contributed by atoms with E-state index in [1.54, 1.807) is 4.52 Å². The van der Waals surface area contributed by atoms with Gasteiger partial charge in [0.05, 0.1) is 6.20 Å². The summed E-state index contributed by atoms with van der Waals surface area (Å²) in [4.78, 5) is 23.4. The van der Waals surface area contributed by atoms with Crippen molar-refractivity contribution in [3.8, 4) is 0 Å². The smallest absolute Gasteiger partial charge is 0.247 e. The minimum absolute atomic E-state index is 0.251. The molecule has 1 aliphatic rings. The number of rotatable bonds is 6. The third-order valence-electron chi connectivity index (χ3n) is 5.02. The lowest BCUT2D eigenvalue weighted by atomic mass is 10.1. The van der Waals surface area contributed by atoms with Gasteiger partial charge in [-0.05, 0) is 50.0 Å². The maximum atomic E-state index is 11.6. The van der Waals surface area contributed by atoms with Crippen molar-refractivity contribution in [1.29, 1.82) is 0 Å². The van der Waals surface area contributed by atoms with Gasteiger partial charge in [0.25, 0.3) is 0 Å². The van der Waals surface area contributed by atoms with E-state index in [4.69, 9.17) is 9.97 Å². The van der Waals surface area contributed by atoms with E-state index in [0.717, 1.165) is 55.2 Å². The minimum Gasteiger partial charge on any atom is -0.341 e. The summed E-state index contributed by atoms with van der Waals surface area (Å²) in [5, 5.41) is 10.6. The number of aryl methyl sites for hydroxylation is 1. The second-order valence-electron chi connectivity index (χ2n) is 7.05. The largest absolute Gasteiger partial charge is 0.341 e. The molecule has 4 rings (SSSR count). The standard InChI is InChI=1S/C21H25N7O/c1-3-15-14-22-28-19(15)25-20(27-11-6-5-7-12-27)26-21(28)24-17-10-8-9-16(13-17)23-18(29)4-2/h4,8-10,13-14H,2-3,5-7,11-12H2,1H3,(H,23,29)(H,24,25,26). The normalized spacial score (nSPS) is 14.0. The minimum atomic E-state index is -0.251. The van der Waals surface area contributed by atoms with Crippen LogP contribution in [0.15, 0.2) is 43.1 Å². The number of hydrogen-bond acceptors (Lipinski definition) is 6. The topological polar surface area (TPSA) is 87.5 Å². The van der Waals surface area contributed by atoms with E-state index in [-0.39, 0.29) is 5.91 Å². The molecule has 1 fully saturated rings. The zero-order valence-electron chi connectivity index (χ0n) is 16.6. The number of benzene rings is 1. The first-order valence-corrected chi connectivity index (χ1v) is 9.98. The number of nitrogens with zero attached hydrogens (tertiary/aromatic N) is 5. The quantitative estimate of drug-likeness (QED) is 0.625. The van der Waals surface area contributed by atoms with E-state index in [0.29, 0.717) is 11.6 Å². The van der Waals surface area contributed by atoms with Gasteiger partial charge in [-0.25, -0.2) is 0 Å². The molecular weight excluding hydrogens is 366 g/mol. The van der Waals surface area contributed by atoms with Gasteiger partial charge in [-0.15, -0.1) is 0 Å².